The minimum Gasteiger partial charge on any atom is -0.491 e. The maximum Gasteiger partial charge on any atom is 0.119 e. The highest BCUT2D eigenvalue weighted by Crippen LogP contribution is 2.17. The summed E-state index contributed by atoms with van der Waals surface area (Å²) in [6, 6.07) is 7.66. The van der Waals surface area contributed by atoms with E-state index in [1.165, 1.54) is 0 Å². The minimum atomic E-state index is -0.399. The summed E-state index contributed by atoms with van der Waals surface area (Å²) in [6.45, 7) is 4.19. The Kier molecular flexibility index (Phi) is 4.59. The van der Waals surface area contributed by atoms with Gasteiger partial charge in [-0.2, -0.15) is 0 Å². The highest BCUT2D eigenvalue weighted by molar-refractivity contribution is 5.30. The third-order valence-corrected chi connectivity index (χ3v) is 2.30. The second-order valence-corrected chi connectivity index (χ2v) is 3.73. The summed E-state index contributed by atoms with van der Waals surface area (Å²) in [5.74, 6) is 0.761. The smallest absolute Gasteiger partial charge is 0.119 e. The van der Waals surface area contributed by atoms with Gasteiger partial charge in [0.05, 0.1) is 6.10 Å². The first-order valence-corrected chi connectivity index (χ1v) is 5.30. The Bertz CT molecular complexity index is 299. The van der Waals surface area contributed by atoms with Gasteiger partial charge >= 0.3 is 0 Å². The van der Waals surface area contributed by atoms with Crippen LogP contribution in [0.15, 0.2) is 24.3 Å². The van der Waals surface area contributed by atoms with Gasteiger partial charge in [0, 0.05) is 6.04 Å². The van der Waals surface area contributed by atoms with Crippen molar-refractivity contribution in [1.82, 2.24) is 0 Å². The monoisotopic (exact) mass is 209 g/mol. The molecule has 3 heteroatoms. The van der Waals surface area contributed by atoms with Crippen LogP contribution in [-0.2, 0) is 0 Å². The predicted octanol–water partition coefficient (Wildman–Crippen LogP) is 1.86. The van der Waals surface area contributed by atoms with Crippen molar-refractivity contribution >= 4 is 0 Å². The lowest BCUT2D eigenvalue weighted by Crippen LogP contribution is -2.16. The van der Waals surface area contributed by atoms with E-state index in [4.69, 9.17) is 10.5 Å². The van der Waals surface area contributed by atoms with E-state index >= 15 is 0 Å². The average Bonchev–Trinajstić information content (AvgIpc) is 2.26. The molecule has 0 aromatic heterocycles. The molecule has 1 unspecified atom stereocenters. The van der Waals surface area contributed by atoms with Crippen molar-refractivity contribution in [3.8, 4) is 5.75 Å². The zero-order valence-electron chi connectivity index (χ0n) is 9.31. The normalized spacial score (nSPS) is 14.7. The number of aliphatic hydroxyl groups excluding tert-OH is 1. The van der Waals surface area contributed by atoms with Crippen molar-refractivity contribution in [1.29, 1.82) is 0 Å². The molecule has 1 rings (SSSR count). The molecule has 1 aromatic rings. The molecule has 3 nitrogen and oxygen atoms in total. The fourth-order valence-corrected chi connectivity index (χ4v) is 1.20. The van der Waals surface area contributed by atoms with E-state index in [0.29, 0.717) is 13.0 Å². The van der Waals surface area contributed by atoms with Crippen molar-refractivity contribution in [2.24, 2.45) is 5.73 Å². The third kappa shape index (κ3) is 3.90. The van der Waals surface area contributed by atoms with Crippen molar-refractivity contribution in [2.45, 2.75) is 32.4 Å². The molecule has 0 aliphatic rings. The Morgan fingerprint density at radius 1 is 1.47 bits per heavy atom. The highest BCUT2D eigenvalue weighted by Gasteiger charge is 2.04. The predicted molar refractivity (Wildman–Crippen MR) is 60.8 cm³/mol. The third-order valence-electron chi connectivity index (χ3n) is 2.30. The zero-order chi connectivity index (χ0) is 11.3. The van der Waals surface area contributed by atoms with Gasteiger partial charge < -0.3 is 15.6 Å². The number of hydrogen-bond donors (Lipinski definition) is 2. The van der Waals surface area contributed by atoms with E-state index in [1.54, 1.807) is 0 Å². The van der Waals surface area contributed by atoms with Crippen molar-refractivity contribution in [2.75, 3.05) is 6.61 Å². The summed E-state index contributed by atoms with van der Waals surface area (Å²) in [6.07, 6.45) is 0.302. The molecule has 0 fully saturated rings. The van der Waals surface area contributed by atoms with Crippen molar-refractivity contribution < 1.29 is 9.84 Å². The van der Waals surface area contributed by atoms with Gasteiger partial charge in [-0.05, 0) is 31.0 Å². The molecule has 0 heterocycles. The van der Waals surface area contributed by atoms with Gasteiger partial charge in [-0.15, -0.1) is 0 Å². The summed E-state index contributed by atoms with van der Waals surface area (Å²) >= 11 is 0. The van der Waals surface area contributed by atoms with Crippen LogP contribution in [0.3, 0.4) is 0 Å². The molecule has 84 valence electrons. The minimum absolute atomic E-state index is 0.00430. The van der Waals surface area contributed by atoms with Gasteiger partial charge in [0.25, 0.3) is 0 Å². The van der Waals surface area contributed by atoms with Gasteiger partial charge in [-0.3, -0.25) is 0 Å². The summed E-state index contributed by atoms with van der Waals surface area (Å²) < 4.78 is 5.44. The van der Waals surface area contributed by atoms with Crippen LogP contribution in [0.25, 0.3) is 0 Å². The van der Waals surface area contributed by atoms with Gasteiger partial charge in [-0.1, -0.05) is 19.1 Å². The van der Waals surface area contributed by atoms with Gasteiger partial charge in [0.1, 0.15) is 12.4 Å². The average molecular weight is 209 g/mol. The Labute approximate surface area is 90.9 Å². The number of rotatable bonds is 5. The molecule has 3 N–H and O–H groups in total. The zero-order valence-corrected chi connectivity index (χ0v) is 9.31. The Morgan fingerprint density at radius 2 is 2.20 bits per heavy atom. The van der Waals surface area contributed by atoms with Crippen LogP contribution in [0.4, 0.5) is 0 Å². The van der Waals surface area contributed by atoms with E-state index in [9.17, 15) is 5.11 Å². The Hall–Kier alpha value is -1.06. The summed E-state index contributed by atoms with van der Waals surface area (Å²) in [5.41, 5.74) is 6.80. The first-order valence-electron chi connectivity index (χ1n) is 5.30. The van der Waals surface area contributed by atoms with Crippen LogP contribution in [0, 0.1) is 0 Å². The van der Waals surface area contributed by atoms with Gasteiger partial charge in [0.15, 0.2) is 0 Å². The number of hydrogen-bond acceptors (Lipinski definition) is 3. The molecule has 0 aliphatic carbocycles. The molecule has 2 atom stereocenters. The first kappa shape index (κ1) is 12.0. The molecule has 0 saturated carbocycles. The quantitative estimate of drug-likeness (QED) is 0.778. The van der Waals surface area contributed by atoms with Crippen LogP contribution in [0.2, 0.25) is 0 Å². The summed E-state index contributed by atoms with van der Waals surface area (Å²) in [4.78, 5) is 0. The van der Waals surface area contributed by atoms with E-state index in [2.05, 4.69) is 0 Å². The number of aliphatic hydroxyl groups is 1. The number of nitrogens with two attached hydrogens (primary N) is 1. The second-order valence-electron chi connectivity index (χ2n) is 3.73. The highest BCUT2D eigenvalue weighted by atomic mass is 16.5. The largest absolute Gasteiger partial charge is 0.491 e. The molecule has 0 bridgehead atoms. The lowest BCUT2D eigenvalue weighted by molar-refractivity contribution is 0.104. The van der Waals surface area contributed by atoms with Crippen LogP contribution in [-0.4, -0.2) is 17.8 Å². The van der Waals surface area contributed by atoms with Crippen LogP contribution < -0.4 is 10.5 Å². The maximum absolute atomic E-state index is 9.35. The van der Waals surface area contributed by atoms with Crippen molar-refractivity contribution in [3.05, 3.63) is 29.8 Å². The van der Waals surface area contributed by atoms with Crippen molar-refractivity contribution in [3.63, 3.8) is 0 Å². The standard InChI is InChI=1S/C12H19NO2/c1-3-11(14)8-15-12-6-4-5-10(7-12)9(2)13/h4-7,9,11,14H,3,8,13H2,1-2H3/t9-,11?/m1/s1. The topological polar surface area (TPSA) is 55.5 Å². The van der Waals surface area contributed by atoms with E-state index in [0.717, 1.165) is 11.3 Å². The molecule has 0 aliphatic heterocycles. The first-order chi connectivity index (χ1) is 7.13. The Morgan fingerprint density at radius 3 is 2.80 bits per heavy atom. The van der Waals surface area contributed by atoms with Crippen LogP contribution in [0.1, 0.15) is 31.9 Å². The molecule has 15 heavy (non-hydrogen) atoms. The molecule has 0 amide bonds. The molecule has 0 radical (unpaired) electrons. The lowest BCUT2D eigenvalue weighted by atomic mass is 10.1. The molecular weight excluding hydrogens is 190 g/mol. The summed E-state index contributed by atoms with van der Waals surface area (Å²) in [7, 11) is 0. The van der Waals surface area contributed by atoms with Gasteiger partial charge in [0.2, 0.25) is 0 Å². The van der Waals surface area contributed by atoms with E-state index < -0.39 is 6.10 Å². The molecule has 0 saturated heterocycles. The summed E-state index contributed by atoms with van der Waals surface area (Å²) in [5, 5.41) is 9.35. The lowest BCUT2D eigenvalue weighted by Gasteiger charge is -2.12. The SMILES string of the molecule is CCC(O)COc1cccc([C@@H](C)N)c1. The fourth-order valence-electron chi connectivity index (χ4n) is 1.20. The van der Waals surface area contributed by atoms with Crippen LogP contribution in [0.5, 0.6) is 5.75 Å². The molecule has 1 aromatic carbocycles. The van der Waals surface area contributed by atoms with E-state index in [1.807, 2.05) is 38.1 Å². The van der Waals surface area contributed by atoms with Gasteiger partial charge in [-0.25, -0.2) is 0 Å². The van der Waals surface area contributed by atoms with E-state index in [-0.39, 0.29) is 6.04 Å². The van der Waals surface area contributed by atoms with Crippen LogP contribution >= 0.6 is 0 Å². The second kappa shape index (κ2) is 5.73. The molecular formula is C12H19NO2. The number of benzene rings is 1. The molecule has 0 spiro atoms. The number of ether oxygens (including phenoxy) is 1. The maximum atomic E-state index is 9.35. The fraction of sp³-hybridized carbons (Fsp3) is 0.500. The Balaban J connectivity index is 2.58.